The number of rotatable bonds is 3. The van der Waals surface area contributed by atoms with E-state index in [0.717, 1.165) is 6.07 Å². The van der Waals surface area contributed by atoms with E-state index in [4.69, 9.17) is 16.3 Å². The lowest BCUT2D eigenvalue weighted by molar-refractivity contribution is 0.268. The third-order valence-corrected chi connectivity index (χ3v) is 1.75. The van der Waals surface area contributed by atoms with E-state index in [9.17, 15) is 4.39 Å². The minimum Gasteiger partial charge on any atom is -0.495 e. The third-order valence-electron chi connectivity index (χ3n) is 1.45. The number of benzene rings is 1. The van der Waals surface area contributed by atoms with Gasteiger partial charge >= 0.3 is 0 Å². The van der Waals surface area contributed by atoms with Crippen LogP contribution in [0.2, 0.25) is 5.02 Å². The molecule has 0 heterocycles. The van der Waals surface area contributed by atoms with Crippen molar-refractivity contribution in [2.75, 3.05) is 19.7 Å². The van der Waals surface area contributed by atoms with Gasteiger partial charge in [0, 0.05) is 6.07 Å². The van der Waals surface area contributed by atoms with Gasteiger partial charge in [0.1, 0.15) is 11.6 Å². The molecular weight excluding hydrogens is 197 g/mol. The van der Waals surface area contributed by atoms with Crippen molar-refractivity contribution in [1.82, 2.24) is 0 Å². The first kappa shape index (κ1) is 10.1. The first-order valence-corrected chi connectivity index (χ1v) is 3.89. The van der Waals surface area contributed by atoms with Gasteiger partial charge in [-0.2, -0.15) is 0 Å². The number of nitrogens with one attached hydrogen (secondary N) is 1. The molecule has 0 aliphatic carbocycles. The number of hydrogen-bond donors (Lipinski definition) is 1. The van der Waals surface area contributed by atoms with Crippen molar-refractivity contribution in [3.05, 3.63) is 23.0 Å². The average molecular weight is 206 g/mol. The number of halogens is 2. The monoisotopic (exact) mass is 205 g/mol. The second-order valence-electron chi connectivity index (χ2n) is 2.27. The van der Waals surface area contributed by atoms with Crippen LogP contribution in [0.1, 0.15) is 0 Å². The summed E-state index contributed by atoms with van der Waals surface area (Å²) in [6.45, 7) is 0. The zero-order valence-corrected chi connectivity index (χ0v) is 7.98. The van der Waals surface area contributed by atoms with Crippen molar-refractivity contribution < 1.29 is 14.0 Å². The van der Waals surface area contributed by atoms with Crippen molar-refractivity contribution in [3.8, 4) is 5.75 Å². The number of hydrogen-bond acceptors (Lipinski definition) is 3. The summed E-state index contributed by atoms with van der Waals surface area (Å²) in [4.78, 5) is 4.56. The fraction of sp³-hybridized carbons (Fsp3) is 0.250. The minimum atomic E-state index is -0.493. The van der Waals surface area contributed by atoms with Crippen LogP contribution in [0, 0.1) is 5.82 Å². The van der Waals surface area contributed by atoms with Gasteiger partial charge in [-0.25, -0.2) is 4.39 Å². The highest BCUT2D eigenvalue weighted by Gasteiger charge is 2.08. The molecule has 0 saturated carbocycles. The molecule has 0 amide bonds. The average Bonchev–Trinajstić information content (AvgIpc) is 2.10. The van der Waals surface area contributed by atoms with E-state index in [1.807, 2.05) is 0 Å². The van der Waals surface area contributed by atoms with Crippen molar-refractivity contribution >= 4 is 17.3 Å². The van der Waals surface area contributed by atoms with Crippen molar-refractivity contribution in [2.24, 2.45) is 0 Å². The molecule has 0 spiro atoms. The van der Waals surface area contributed by atoms with Gasteiger partial charge in [-0.15, -0.1) is 0 Å². The van der Waals surface area contributed by atoms with E-state index in [1.165, 1.54) is 20.3 Å². The van der Waals surface area contributed by atoms with Crippen molar-refractivity contribution in [2.45, 2.75) is 0 Å². The van der Waals surface area contributed by atoms with Crippen molar-refractivity contribution in [3.63, 3.8) is 0 Å². The highest BCUT2D eigenvalue weighted by Crippen LogP contribution is 2.29. The van der Waals surface area contributed by atoms with Gasteiger partial charge < -0.3 is 4.74 Å². The second-order valence-corrected chi connectivity index (χ2v) is 2.68. The Bertz CT molecular complexity index is 306. The smallest absolute Gasteiger partial charge is 0.150 e. The van der Waals surface area contributed by atoms with E-state index < -0.39 is 5.82 Å². The molecule has 3 nitrogen and oxygen atoms in total. The Morgan fingerprint density at radius 3 is 2.62 bits per heavy atom. The van der Waals surface area contributed by atoms with E-state index in [1.54, 1.807) is 0 Å². The lowest BCUT2D eigenvalue weighted by Crippen LogP contribution is -1.99. The Kier molecular flexibility index (Phi) is 3.33. The SMILES string of the molecule is CONc1cc(OC)c(Cl)cc1F. The summed E-state index contributed by atoms with van der Waals surface area (Å²) in [5.74, 6) is -0.102. The highest BCUT2D eigenvalue weighted by molar-refractivity contribution is 6.32. The molecule has 0 fully saturated rings. The Morgan fingerprint density at radius 1 is 1.38 bits per heavy atom. The molecule has 0 atom stereocenters. The molecule has 0 aliphatic rings. The summed E-state index contributed by atoms with van der Waals surface area (Å²) in [6, 6.07) is 2.57. The maximum absolute atomic E-state index is 13.1. The predicted molar refractivity (Wildman–Crippen MR) is 48.6 cm³/mol. The van der Waals surface area contributed by atoms with E-state index in [2.05, 4.69) is 10.3 Å². The normalized spacial score (nSPS) is 9.85. The first-order valence-electron chi connectivity index (χ1n) is 3.51. The first-order chi connectivity index (χ1) is 6.19. The summed E-state index contributed by atoms with van der Waals surface area (Å²) in [6.07, 6.45) is 0. The van der Waals surface area contributed by atoms with E-state index in [-0.39, 0.29) is 10.7 Å². The Balaban J connectivity index is 3.06. The van der Waals surface area contributed by atoms with Crippen LogP contribution in [0.3, 0.4) is 0 Å². The largest absolute Gasteiger partial charge is 0.495 e. The van der Waals surface area contributed by atoms with Gasteiger partial charge in [0.05, 0.1) is 24.9 Å². The zero-order chi connectivity index (χ0) is 9.84. The molecule has 0 bridgehead atoms. The zero-order valence-electron chi connectivity index (χ0n) is 7.23. The summed E-state index contributed by atoms with van der Waals surface area (Å²) >= 11 is 5.67. The number of methoxy groups -OCH3 is 1. The molecule has 0 saturated heterocycles. The molecule has 0 aromatic heterocycles. The summed E-state index contributed by atoms with van der Waals surface area (Å²) in [5, 5.41) is 0.224. The number of anilines is 1. The van der Waals surface area contributed by atoms with Crippen molar-refractivity contribution in [1.29, 1.82) is 0 Å². The molecule has 1 aromatic carbocycles. The molecule has 0 unspecified atom stereocenters. The Hall–Kier alpha value is -1.00. The molecule has 0 radical (unpaired) electrons. The van der Waals surface area contributed by atoms with E-state index in [0.29, 0.717) is 5.75 Å². The van der Waals surface area contributed by atoms with Gasteiger partial charge in [0.15, 0.2) is 0 Å². The Labute approximate surface area is 80.4 Å². The van der Waals surface area contributed by atoms with Gasteiger partial charge in [-0.1, -0.05) is 11.6 Å². The van der Waals surface area contributed by atoms with Crippen LogP contribution < -0.4 is 10.2 Å². The van der Waals surface area contributed by atoms with Gasteiger partial charge in [-0.05, 0) is 6.07 Å². The van der Waals surface area contributed by atoms with Crippen LogP contribution in [-0.2, 0) is 4.84 Å². The molecule has 5 heteroatoms. The predicted octanol–water partition coefficient (Wildman–Crippen LogP) is 2.46. The van der Waals surface area contributed by atoms with E-state index >= 15 is 0 Å². The molecule has 1 rings (SSSR count). The lowest BCUT2D eigenvalue weighted by Gasteiger charge is -2.08. The molecule has 1 N–H and O–H groups in total. The van der Waals surface area contributed by atoms with Crippen LogP contribution in [-0.4, -0.2) is 14.2 Å². The molecule has 13 heavy (non-hydrogen) atoms. The van der Waals surface area contributed by atoms with Gasteiger partial charge in [-0.3, -0.25) is 10.3 Å². The third kappa shape index (κ3) is 2.23. The lowest BCUT2D eigenvalue weighted by atomic mass is 10.3. The summed E-state index contributed by atoms with van der Waals surface area (Å²) in [5.41, 5.74) is 2.55. The molecular formula is C8H9ClFNO2. The highest BCUT2D eigenvalue weighted by atomic mass is 35.5. The molecule has 1 aromatic rings. The molecule has 72 valence electrons. The van der Waals surface area contributed by atoms with Gasteiger partial charge in [0.2, 0.25) is 0 Å². The quantitative estimate of drug-likeness (QED) is 0.769. The fourth-order valence-electron chi connectivity index (χ4n) is 0.874. The summed E-state index contributed by atoms with van der Waals surface area (Å²) in [7, 11) is 2.84. The second kappa shape index (κ2) is 4.30. The maximum Gasteiger partial charge on any atom is 0.150 e. The van der Waals surface area contributed by atoms with Crippen LogP contribution in [0.15, 0.2) is 12.1 Å². The van der Waals surface area contributed by atoms with Gasteiger partial charge in [0.25, 0.3) is 0 Å². The van der Waals surface area contributed by atoms with Crippen LogP contribution in [0.25, 0.3) is 0 Å². The Morgan fingerprint density at radius 2 is 2.08 bits per heavy atom. The number of ether oxygens (including phenoxy) is 1. The fourth-order valence-corrected chi connectivity index (χ4v) is 1.10. The van der Waals surface area contributed by atoms with Crippen LogP contribution in [0.4, 0.5) is 10.1 Å². The van der Waals surface area contributed by atoms with Crippen LogP contribution >= 0.6 is 11.6 Å². The maximum atomic E-state index is 13.1. The minimum absolute atomic E-state index is 0.184. The standard InChI is InChI=1S/C8H9ClFNO2/c1-12-8-4-7(11-13-2)6(10)3-5(8)9/h3-4,11H,1-2H3. The molecule has 0 aliphatic heterocycles. The summed E-state index contributed by atoms with van der Waals surface area (Å²) < 4.78 is 18.0. The topological polar surface area (TPSA) is 30.5 Å². The van der Waals surface area contributed by atoms with Crippen LogP contribution in [0.5, 0.6) is 5.75 Å².